The third-order valence-corrected chi connectivity index (χ3v) is 4.55. The predicted molar refractivity (Wildman–Crippen MR) is 78.6 cm³/mol. The molecule has 3 nitrogen and oxygen atoms in total. The molecule has 1 aliphatic carbocycles. The van der Waals surface area contributed by atoms with E-state index >= 15 is 0 Å². The van der Waals surface area contributed by atoms with E-state index in [1.165, 1.54) is 6.92 Å². The van der Waals surface area contributed by atoms with Crippen LogP contribution < -0.4 is 5.32 Å². The van der Waals surface area contributed by atoms with Crippen molar-refractivity contribution in [2.24, 2.45) is 0 Å². The molecule has 0 atom stereocenters. The average Bonchev–Trinajstić information content (AvgIpc) is 2.93. The highest BCUT2D eigenvalue weighted by Gasteiger charge is 2.44. The molecule has 0 spiro atoms. The highest BCUT2D eigenvalue weighted by molar-refractivity contribution is 7.13. The van der Waals surface area contributed by atoms with E-state index in [0.717, 1.165) is 34.8 Å². The number of thiazole rings is 1. The number of amides is 1. The summed E-state index contributed by atoms with van der Waals surface area (Å²) in [6.45, 7) is 1.50. The van der Waals surface area contributed by atoms with E-state index in [4.69, 9.17) is 11.6 Å². The number of halogens is 1. The van der Waals surface area contributed by atoms with Gasteiger partial charge in [-0.2, -0.15) is 0 Å². The lowest BCUT2D eigenvalue weighted by Gasteiger charge is -2.04. The summed E-state index contributed by atoms with van der Waals surface area (Å²) in [6.07, 6.45) is 2.01. The molecule has 0 radical (unpaired) electrons. The van der Waals surface area contributed by atoms with Crippen LogP contribution in [0.2, 0.25) is 0 Å². The van der Waals surface area contributed by atoms with Gasteiger partial charge >= 0.3 is 0 Å². The lowest BCUT2D eigenvalue weighted by molar-refractivity contribution is -0.114. The van der Waals surface area contributed by atoms with Crippen molar-refractivity contribution in [3.05, 3.63) is 35.3 Å². The maximum Gasteiger partial charge on any atom is 0.221 e. The fraction of sp³-hybridized carbons (Fsp3) is 0.286. The fourth-order valence-corrected chi connectivity index (χ4v) is 3.08. The lowest BCUT2D eigenvalue weighted by atomic mass is 10.2. The van der Waals surface area contributed by atoms with Gasteiger partial charge in [0.25, 0.3) is 0 Å². The van der Waals surface area contributed by atoms with Gasteiger partial charge in [-0.1, -0.05) is 12.1 Å². The van der Waals surface area contributed by atoms with Gasteiger partial charge in [0, 0.05) is 23.6 Å². The predicted octanol–water partition coefficient (Wildman–Crippen LogP) is 4.00. The molecule has 0 unspecified atom stereocenters. The van der Waals surface area contributed by atoms with Crippen LogP contribution in [0.1, 0.15) is 25.5 Å². The molecule has 98 valence electrons. The van der Waals surface area contributed by atoms with Crippen LogP contribution in [0.25, 0.3) is 10.6 Å². The molecule has 1 heterocycles. The third-order valence-electron chi connectivity index (χ3n) is 3.08. The standard InChI is InChI=1S/C14H13ClN2OS/c1-9(18)16-11-4-2-3-10(7-11)13-17-12(8-19-13)14(15)5-6-14/h2-4,7-8H,5-6H2,1H3,(H,16,18). The number of hydrogen-bond donors (Lipinski definition) is 1. The van der Waals surface area contributed by atoms with Crippen LogP contribution >= 0.6 is 22.9 Å². The van der Waals surface area contributed by atoms with Crippen molar-refractivity contribution in [3.8, 4) is 10.6 Å². The highest BCUT2D eigenvalue weighted by atomic mass is 35.5. The number of aromatic nitrogens is 1. The summed E-state index contributed by atoms with van der Waals surface area (Å²) in [5.74, 6) is -0.0744. The van der Waals surface area contributed by atoms with Gasteiger partial charge in [-0.15, -0.1) is 22.9 Å². The molecule has 1 saturated carbocycles. The fourth-order valence-electron chi connectivity index (χ4n) is 1.91. The molecular weight excluding hydrogens is 280 g/mol. The van der Waals surface area contributed by atoms with Crippen molar-refractivity contribution < 1.29 is 4.79 Å². The highest BCUT2D eigenvalue weighted by Crippen LogP contribution is 2.52. The second-order valence-corrected chi connectivity index (χ2v) is 6.35. The van der Waals surface area contributed by atoms with Gasteiger partial charge in [0.15, 0.2) is 0 Å². The van der Waals surface area contributed by atoms with Crippen molar-refractivity contribution in [2.75, 3.05) is 5.32 Å². The van der Waals surface area contributed by atoms with Crippen molar-refractivity contribution in [3.63, 3.8) is 0 Å². The molecule has 3 rings (SSSR count). The van der Waals surface area contributed by atoms with E-state index in [0.29, 0.717) is 0 Å². The number of carbonyl (C=O) groups is 1. The van der Waals surface area contributed by atoms with Crippen LogP contribution in [-0.4, -0.2) is 10.9 Å². The topological polar surface area (TPSA) is 42.0 Å². The summed E-state index contributed by atoms with van der Waals surface area (Å²) in [4.78, 5) is 15.5. The molecule has 5 heteroatoms. The van der Waals surface area contributed by atoms with Gasteiger partial charge in [-0.25, -0.2) is 4.98 Å². The Balaban J connectivity index is 1.89. The minimum absolute atomic E-state index is 0.0744. The lowest BCUT2D eigenvalue weighted by Crippen LogP contribution is -2.05. The molecule has 1 aliphatic rings. The molecule has 0 aliphatic heterocycles. The van der Waals surface area contributed by atoms with E-state index in [1.54, 1.807) is 11.3 Å². The number of carbonyl (C=O) groups excluding carboxylic acids is 1. The first-order chi connectivity index (χ1) is 9.07. The van der Waals surface area contributed by atoms with E-state index in [-0.39, 0.29) is 10.8 Å². The number of hydrogen-bond acceptors (Lipinski definition) is 3. The van der Waals surface area contributed by atoms with E-state index < -0.39 is 0 Å². The molecule has 0 bridgehead atoms. The van der Waals surface area contributed by atoms with Crippen LogP contribution in [0.3, 0.4) is 0 Å². The molecular formula is C14H13ClN2OS. The average molecular weight is 293 g/mol. The van der Waals surface area contributed by atoms with Crippen LogP contribution in [0.15, 0.2) is 29.6 Å². The van der Waals surface area contributed by atoms with Crippen LogP contribution in [0, 0.1) is 0 Å². The Kier molecular flexibility index (Phi) is 3.07. The Hall–Kier alpha value is -1.39. The van der Waals surface area contributed by atoms with Gasteiger partial charge in [0.05, 0.1) is 10.6 Å². The normalized spacial score (nSPS) is 16.1. The number of alkyl halides is 1. The number of anilines is 1. The van der Waals surface area contributed by atoms with Crippen LogP contribution in [0.5, 0.6) is 0 Å². The maximum absolute atomic E-state index is 11.1. The Morgan fingerprint density at radius 1 is 1.47 bits per heavy atom. The quantitative estimate of drug-likeness (QED) is 0.869. The SMILES string of the molecule is CC(=O)Nc1cccc(-c2nc(C3(Cl)CC3)cs2)c1. The van der Waals surface area contributed by atoms with Crippen LogP contribution in [-0.2, 0) is 9.67 Å². The first-order valence-corrected chi connectivity index (χ1v) is 7.35. The minimum atomic E-state index is -0.218. The zero-order valence-electron chi connectivity index (χ0n) is 10.4. The monoisotopic (exact) mass is 292 g/mol. The second kappa shape index (κ2) is 4.62. The van der Waals surface area contributed by atoms with Gasteiger partial charge in [0.2, 0.25) is 5.91 Å². The van der Waals surface area contributed by atoms with Gasteiger partial charge in [0.1, 0.15) is 5.01 Å². The van der Waals surface area contributed by atoms with E-state index in [9.17, 15) is 4.79 Å². The third kappa shape index (κ3) is 2.65. The second-order valence-electron chi connectivity index (χ2n) is 4.77. The molecule has 1 aromatic heterocycles. The Morgan fingerprint density at radius 3 is 2.95 bits per heavy atom. The largest absolute Gasteiger partial charge is 0.326 e. The molecule has 0 saturated heterocycles. The number of benzene rings is 1. The summed E-state index contributed by atoms with van der Waals surface area (Å²) in [7, 11) is 0. The zero-order chi connectivity index (χ0) is 13.5. The number of rotatable bonds is 3. The molecule has 1 fully saturated rings. The molecule has 2 aromatic rings. The van der Waals surface area contributed by atoms with E-state index in [2.05, 4.69) is 10.3 Å². The summed E-state index contributed by atoms with van der Waals surface area (Å²) in [6, 6.07) is 7.69. The number of nitrogens with zero attached hydrogens (tertiary/aromatic N) is 1. The molecule has 19 heavy (non-hydrogen) atoms. The van der Waals surface area contributed by atoms with E-state index in [1.807, 2.05) is 29.6 Å². The zero-order valence-corrected chi connectivity index (χ0v) is 12.0. The first kappa shape index (κ1) is 12.6. The molecule has 1 amide bonds. The number of nitrogens with one attached hydrogen (secondary N) is 1. The summed E-state index contributed by atoms with van der Waals surface area (Å²) < 4.78 is 0. The van der Waals surface area contributed by atoms with Crippen molar-refractivity contribution in [2.45, 2.75) is 24.6 Å². The first-order valence-electron chi connectivity index (χ1n) is 6.10. The van der Waals surface area contributed by atoms with Crippen molar-refractivity contribution >= 4 is 34.5 Å². The summed E-state index contributed by atoms with van der Waals surface area (Å²) in [5, 5.41) is 5.74. The molecule has 1 N–H and O–H groups in total. The maximum atomic E-state index is 11.1. The minimum Gasteiger partial charge on any atom is -0.326 e. The van der Waals surface area contributed by atoms with Gasteiger partial charge in [-0.3, -0.25) is 4.79 Å². The van der Waals surface area contributed by atoms with Gasteiger partial charge in [-0.05, 0) is 25.0 Å². The Morgan fingerprint density at radius 2 is 2.26 bits per heavy atom. The van der Waals surface area contributed by atoms with Gasteiger partial charge < -0.3 is 5.32 Å². The van der Waals surface area contributed by atoms with Crippen molar-refractivity contribution in [1.82, 2.24) is 4.98 Å². The smallest absolute Gasteiger partial charge is 0.221 e. The Bertz CT molecular complexity index is 634. The van der Waals surface area contributed by atoms with Crippen molar-refractivity contribution in [1.29, 1.82) is 0 Å². The summed E-state index contributed by atoms with van der Waals surface area (Å²) >= 11 is 7.95. The Labute approximate surface area is 120 Å². The van der Waals surface area contributed by atoms with Crippen LogP contribution in [0.4, 0.5) is 5.69 Å². The summed E-state index contributed by atoms with van der Waals surface area (Å²) in [5.41, 5.74) is 2.76. The molecule has 1 aromatic carbocycles.